The number of nitrogens with zero attached hydrogens (tertiary/aromatic N) is 4. The molecule has 0 aromatic heterocycles. The first-order valence-electron chi connectivity index (χ1n) is 10.1. The summed E-state index contributed by atoms with van der Waals surface area (Å²) in [4.78, 5) is 34.6. The zero-order valence-electron chi connectivity index (χ0n) is 18.7. The lowest BCUT2D eigenvalue weighted by atomic mass is 10.0. The molecule has 1 N–H and O–H groups in total. The van der Waals surface area contributed by atoms with E-state index in [9.17, 15) is 38.0 Å². The first kappa shape index (κ1) is 27.0. The number of likely N-dealkylation sites (N-methyl/N-ethyl adjacent to an activating group) is 1. The number of esters is 1. The van der Waals surface area contributed by atoms with E-state index >= 15 is 0 Å². The Morgan fingerprint density at radius 3 is 2.29 bits per heavy atom. The maximum Gasteiger partial charge on any atom is 0.423 e. The average Bonchev–Trinajstić information content (AvgIpc) is 2.79. The van der Waals surface area contributed by atoms with Crippen molar-refractivity contribution in [2.45, 2.75) is 20.0 Å². The fourth-order valence-corrected chi connectivity index (χ4v) is 3.00. The van der Waals surface area contributed by atoms with Gasteiger partial charge in [-0.1, -0.05) is 6.58 Å². The summed E-state index contributed by atoms with van der Waals surface area (Å²) in [6.45, 7) is 8.01. The standard InChI is InChI=1S/C22H21F3N4O6/c1-4-28(11-12-35-21(32)13(2)3)15-7-5-14(6-8-15)26-27-16-9-10-17(29(33)34)19(22(23,24)25)18(16)20(30)31/h5-10H,2,4,11-12H2,1,3H3,(H,30,31). The molecule has 0 heterocycles. The van der Waals surface area contributed by atoms with Crippen molar-refractivity contribution in [3.8, 4) is 0 Å². The van der Waals surface area contributed by atoms with Crippen molar-refractivity contribution in [1.82, 2.24) is 0 Å². The van der Waals surface area contributed by atoms with Crippen molar-refractivity contribution in [2.75, 3.05) is 24.6 Å². The van der Waals surface area contributed by atoms with Crippen molar-refractivity contribution in [3.05, 3.63) is 69.8 Å². The van der Waals surface area contributed by atoms with Gasteiger partial charge in [0.25, 0.3) is 5.69 Å². The first-order chi connectivity index (χ1) is 16.4. The molecule has 2 aromatic rings. The van der Waals surface area contributed by atoms with Gasteiger partial charge in [0.15, 0.2) is 0 Å². The van der Waals surface area contributed by atoms with Crippen LogP contribution in [0.15, 0.2) is 58.8 Å². The number of aromatic carboxylic acids is 1. The molecule has 13 heteroatoms. The largest absolute Gasteiger partial charge is 0.478 e. The Morgan fingerprint density at radius 2 is 1.80 bits per heavy atom. The van der Waals surface area contributed by atoms with Crippen molar-refractivity contribution in [3.63, 3.8) is 0 Å². The third-order valence-corrected chi connectivity index (χ3v) is 4.67. The number of carbonyl (C=O) groups excluding carboxylic acids is 1. The van der Waals surface area contributed by atoms with E-state index < -0.39 is 45.5 Å². The SMILES string of the molecule is C=C(C)C(=O)OCCN(CC)c1ccc(N=Nc2ccc([N+](=O)[O-])c(C(F)(F)F)c2C(=O)O)cc1. The highest BCUT2D eigenvalue weighted by atomic mass is 19.4. The van der Waals surface area contributed by atoms with Gasteiger partial charge in [-0.3, -0.25) is 10.1 Å². The molecule has 2 aromatic carbocycles. The number of anilines is 1. The van der Waals surface area contributed by atoms with Crippen LogP contribution in [-0.4, -0.2) is 41.7 Å². The highest BCUT2D eigenvalue weighted by Crippen LogP contribution is 2.42. The Bertz CT molecular complexity index is 1160. The predicted octanol–water partition coefficient (Wildman–Crippen LogP) is 5.67. The molecule has 0 bridgehead atoms. The minimum absolute atomic E-state index is 0.126. The lowest BCUT2D eigenvalue weighted by molar-refractivity contribution is -0.388. The molecule has 0 amide bonds. The summed E-state index contributed by atoms with van der Waals surface area (Å²) < 4.78 is 45.3. The normalized spacial score (nSPS) is 11.3. The number of alkyl halides is 3. The van der Waals surface area contributed by atoms with Crippen molar-refractivity contribution >= 4 is 34.7 Å². The lowest BCUT2D eigenvalue weighted by Crippen LogP contribution is -2.28. The topological polar surface area (TPSA) is 135 Å². The molecule has 2 rings (SSSR count). The van der Waals surface area contributed by atoms with Gasteiger partial charge >= 0.3 is 18.1 Å². The lowest BCUT2D eigenvalue weighted by Gasteiger charge is -2.22. The molecule has 0 aliphatic rings. The van der Waals surface area contributed by atoms with Crippen LogP contribution in [0, 0.1) is 10.1 Å². The smallest absolute Gasteiger partial charge is 0.423 e. The molecule has 0 atom stereocenters. The van der Waals surface area contributed by atoms with Crippen LogP contribution >= 0.6 is 0 Å². The number of halogens is 3. The molecular formula is C22H21F3N4O6. The summed E-state index contributed by atoms with van der Waals surface area (Å²) in [5, 5.41) is 27.7. The van der Waals surface area contributed by atoms with Crippen LogP contribution in [-0.2, 0) is 15.7 Å². The molecule has 10 nitrogen and oxygen atoms in total. The molecule has 0 fully saturated rings. The number of rotatable bonds is 10. The molecule has 0 saturated carbocycles. The van der Waals surface area contributed by atoms with E-state index in [0.29, 0.717) is 19.2 Å². The molecule has 0 saturated heterocycles. The van der Waals surface area contributed by atoms with Crippen LogP contribution in [0.4, 0.5) is 35.9 Å². The quantitative estimate of drug-likeness (QED) is 0.148. The predicted molar refractivity (Wildman–Crippen MR) is 119 cm³/mol. The third-order valence-electron chi connectivity index (χ3n) is 4.67. The van der Waals surface area contributed by atoms with E-state index in [4.69, 9.17) is 4.74 Å². The van der Waals surface area contributed by atoms with E-state index in [0.717, 1.165) is 11.8 Å². The van der Waals surface area contributed by atoms with Crippen LogP contribution in [0.25, 0.3) is 0 Å². The molecule has 35 heavy (non-hydrogen) atoms. The van der Waals surface area contributed by atoms with Crippen molar-refractivity contribution in [1.29, 1.82) is 0 Å². The number of carboxylic acids is 1. The average molecular weight is 494 g/mol. The number of azo groups is 1. The third kappa shape index (κ3) is 6.85. The Labute approximate surface area is 197 Å². The Morgan fingerprint density at radius 1 is 1.17 bits per heavy atom. The molecule has 186 valence electrons. The number of nitro benzene ring substituents is 1. The summed E-state index contributed by atoms with van der Waals surface area (Å²) in [6.07, 6.45) is -5.30. The molecular weight excluding hydrogens is 473 g/mol. The minimum atomic E-state index is -5.30. The zero-order chi connectivity index (χ0) is 26.3. The van der Waals surface area contributed by atoms with Gasteiger partial charge < -0.3 is 14.7 Å². The summed E-state index contributed by atoms with van der Waals surface area (Å²) in [5.41, 5.74) is -4.15. The Kier molecular flexibility index (Phi) is 8.65. The second kappa shape index (κ2) is 11.2. The van der Waals surface area contributed by atoms with Crippen LogP contribution in [0.5, 0.6) is 0 Å². The molecule has 0 aliphatic heterocycles. The fraction of sp³-hybridized carbons (Fsp3) is 0.273. The molecule has 0 aliphatic carbocycles. The molecule has 0 spiro atoms. The first-order valence-corrected chi connectivity index (χ1v) is 10.1. The summed E-state index contributed by atoms with van der Waals surface area (Å²) >= 11 is 0. The number of nitro groups is 1. The van der Waals surface area contributed by atoms with Gasteiger partial charge in [-0.05, 0) is 44.2 Å². The molecule has 0 unspecified atom stereocenters. The highest BCUT2D eigenvalue weighted by Gasteiger charge is 2.44. The van der Waals surface area contributed by atoms with Crippen LogP contribution in [0.2, 0.25) is 0 Å². The fourth-order valence-electron chi connectivity index (χ4n) is 3.00. The number of hydrogen-bond donors (Lipinski definition) is 1. The van der Waals surface area contributed by atoms with E-state index in [1.54, 1.807) is 12.1 Å². The van der Waals surface area contributed by atoms with Crippen LogP contribution < -0.4 is 4.90 Å². The second-order valence-electron chi connectivity index (χ2n) is 7.13. The van der Waals surface area contributed by atoms with Crippen LogP contribution in [0.3, 0.4) is 0 Å². The van der Waals surface area contributed by atoms with E-state index in [-0.39, 0.29) is 17.9 Å². The van der Waals surface area contributed by atoms with Gasteiger partial charge in [-0.25, -0.2) is 9.59 Å². The summed E-state index contributed by atoms with van der Waals surface area (Å²) in [7, 11) is 0. The van der Waals surface area contributed by atoms with Gasteiger partial charge in [0, 0.05) is 23.9 Å². The number of benzene rings is 2. The number of carbonyl (C=O) groups is 2. The number of hydrogen-bond acceptors (Lipinski definition) is 8. The highest BCUT2D eigenvalue weighted by molar-refractivity contribution is 5.96. The van der Waals surface area contributed by atoms with Gasteiger partial charge in [0.1, 0.15) is 23.4 Å². The van der Waals surface area contributed by atoms with Gasteiger partial charge in [-0.2, -0.15) is 18.3 Å². The monoisotopic (exact) mass is 494 g/mol. The van der Waals surface area contributed by atoms with Gasteiger partial charge in [-0.15, -0.1) is 5.11 Å². The second-order valence-corrected chi connectivity index (χ2v) is 7.13. The summed E-state index contributed by atoms with van der Waals surface area (Å²) in [6, 6.07) is 7.61. The maximum atomic E-state index is 13.4. The van der Waals surface area contributed by atoms with Crippen LogP contribution in [0.1, 0.15) is 29.8 Å². The number of ether oxygens (including phenoxy) is 1. The minimum Gasteiger partial charge on any atom is -0.478 e. The van der Waals surface area contributed by atoms with Crippen molar-refractivity contribution in [2.24, 2.45) is 10.2 Å². The van der Waals surface area contributed by atoms with Gasteiger partial charge in [0.05, 0.1) is 17.2 Å². The van der Waals surface area contributed by atoms with Crippen molar-refractivity contribution < 1.29 is 37.5 Å². The Hall–Kier alpha value is -4.29. The van der Waals surface area contributed by atoms with E-state index in [1.165, 1.54) is 19.1 Å². The molecule has 0 radical (unpaired) electrons. The zero-order valence-corrected chi connectivity index (χ0v) is 18.7. The maximum absolute atomic E-state index is 13.4. The van der Waals surface area contributed by atoms with Gasteiger partial charge in [0.2, 0.25) is 0 Å². The van der Waals surface area contributed by atoms with E-state index in [2.05, 4.69) is 16.8 Å². The summed E-state index contributed by atoms with van der Waals surface area (Å²) in [5.74, 6) is -2.53. The van der Waals surface area contributed by atoms with E-state index in [1.807, 2.05) is 11.8 Å². The number of carboxylic acid groups (broad SMARTS) is 1. The Balaban J connectivity index is 2.29.